The predicted octanol–water partition coefficient (Wildman–Crippen LogP) is 7.65. The summed E-state index contributed by atoms with van der Waals surface area (Å²) in [4.78, 5) is 8.25. The van der Waals surface area contributed by atoms with Crippen molar-refractivity contribution in [2.45, 2.75) is 6.92 Å². The van der Waals surface area contributed by atoms with Crippen molar-refractivity contribution in [2.24, 2.45) is 0 Å². The molecular weight excluding hydrogens is 376 g/mol. The standard InChI is InChI=1S/C26H17ClN2/c1-15-6-7-18-13-17-4-2-3-5-20(17)24(21(18)12-15)22-14-19-9-8-16-10-11-23(27)29-25(16)26(19)28-22/h2-14,28H,1H3. The fourth-order valence-electron chi connectivity index (χ4n) is 4.36. The van der Waals surface area contributed by atoms with Gasteiger partial charge in [0.05, 0.1) is 11.0 Å². The van der Waals surface area contributed by atoms with Crippen LogP contribution in [0.1, 0.15) is 5.56 Å². The Bertz CT molecular complexity index is 1580. The van der Waals surface area contributed by atoms with E-state index in [1.54, 1.807) is 0 Å². The number of pyridine rings is 1. The van der Waals surface area contributed by atoms with Crippen molar-refractivity contribution in [1.82, 2.24) is 9.97 Å². The maximum absolute atomic E-state index is 6.19. The van der Waals surface area contributed by atoms with Gasteiger partial charge in [-0.05, 0) is 52.7 Å². The third kappa shape index (κ3) is 2.53. The molecule has 0 aliphatic carbocycles. The molecule has 6 rings (SSSR count). The Labute approximate surface area is 172 Å². The van der Waals surface area contributed by atoms with Gasteiger partial charge in [0.1, 0.15) is 5.15 Å². The number of hydrogen-bond acceptors (Lipinski definition) is 1. The zero-order chi connectivity index (χ0) is 19.5. The van der Waals surface area contributed by atoms with Gasteiger partial charge in [-0.1, -0.05) is 71.8 Å². The summed E-state index contributed by atoms with van der Waals surface area (Å²) in [6, 6.07) is 27.8. The Kier molecular flexibility index (Phi) is 3.47. The van der Waals surface area contributed by atoms with Gasteiger partial charge < -0.3 is 4.98 Å². The third-order valence-electron chi connectivity index (χ3n) is 5.71. The first-order valence-corrected chi connectivity index (χ1v) is 10.1. The summed E-state index contributed by atoms with van der Waals surface area (Å²) in [6.07, 6.45) is 0. The number of hydrogen-bond donors (Lipinski definition) is 1. The van der Waals surface area contributed by atoms with Crippen molar-refractivity contribution < 1.29 is 0 Å². The molecule has 0 bridgehead atoms. The average molecular weight is 393 g/mol. The molecule has 0 saturated heterocycles. The second-order valence-electron chi connectivity index (χ2n) is 7.62. The van der Waals surface area contributed by atoms with E-state index in [9.17, 15) is 0 Å². The van der Waals surface area contributed by atoms with Crippen LogP contribution in [0, 0.1) is 6.92 Å². The first kappa shape index (κ1) is 16.6. The molecule has 4 aromatic carbocycles. The van der Waals surface area contributed by atoms with Gasteiger partial charge in [-0.2, -0.15) is 0 Å². The van der Waals surface area contributed by atoms with Gasteiger partial charge in [0.2, 0.25) is 0 Å². The summed E-state index contributed by atoms with van der Waals surface area (Å²) < 4.78 is 0. The van der Waals surface area contributed by atoms with E-state index in [4.69, 9.17) is 11.6 Å². The highest BCUT2D eigenvalue weighted by Crippen LogP contribution is 2.38. The smallest absolute Gasteiger partial charge is 0.129 e. The molecule has 0 radical (unpaired) electrons. The van der Waals surface area contributed by atoms with Crippen LogP contribution in [0.15, 0.2) is 78.9 Å². The van der Waals surface area contributed by atoms with E-state index in [-0.39, 0.29) is 0 Å². The Morgan fingerprint density at radius 2 is 1.48 bits per heavy atom. The molecule has 0 amide bonds. The van der Waals surface area contributed by atoms with Crippen LogP contribution in [0.3, 0.4) is 0 Å². The number of halogens is 1. The van der Waals surface area contributed by atoms with Crippen molar-refractivity contribution >= 4 is 55.0 Å². The molecule has 0 atom stereocenters. The van der Waals surface area contributed by atoms with E-state index in [0.717, 1.165) is 27.5 Å². The lowest BCUT2D eigenvalue weighted by Crippen LogP contribution is -1.87. The van der Waals surface area contributed by atoms with E-state index in [0.29, 0.717) is 5.15 Å². The minimum Gasteiger partial charge on any atom is -0.353 e. The van der Waals surface area contributed by atoms with Crippen molar-refractivity contribution in [2.75, 3.05) is 0 Å². The molecule has 2 aromatic heterocycles. The van der Waals surface area contributed by atoms with Gasteiger partial charge in [-0.25, -0.2) is 4.98 Å². The van der Waals surface area contributed by atoms with Crippen molar-refractivity contribution in [3.05, 3.63) is 89.6 Å². The third-order valence-corrected chi connectivity index (χ3v) is 5.92. The van der Waals surface area contributed by atoms with Gasteiger partial charge in [-0.3, -0.25) is 0 Å². The average Bonchev–Trinajstić information content (AvgIpc) is 3.16. The van der Waals surface area contributed by atoms with Crippen molar-refractivity contribution in [1.29, 1.82) is 0 Å². The minimum atomic E-state index is 0.507. The SMILES string of the molecule is Cc1ccc2cc3ccccc3c(-c3cc4ccc5ccc(Cl)nc5c4[nH]3)c2c1. The molecular formula is C26H17ClN2. The fourth-order valence-corrected chi connectivity index (χ4v) is 4.51. The molecule has 3 heteroatoms. The maximum Gasteiger partial charge on any atom is 0.129 e. The molecule has 29 heavy (non-hydrogen) atoms. The number of H-pyrrole nitrogens is 1. The van der Waals surface area contributed by atoms with Gasteiger partial charge in [0, 0.05) is 22.0 Å². The Hall–Kier alpha value is -3.36. The van der Waals surface area contributed by atoms with E-state index in [1.165, 1.54) is 32.7 Å². The second-order valence-corrected chi connectivity index (χ2v) is 8.00. The summed E-state index contributed by atoms with van der Waals surface area (Å²) in [5.74, 6) is 0. The molecule has 0 spiro atoms. The van der Waals surface area contributed by atoms with E-state index in [2.05, 4.69) is 83.6 Å². The summed E-state index contributed by atoms with van der Waals surface area (Å²) in [6.45, 7) is 2.14. The summed E-state index contributed by atoms with van der Waals surface area (Å²) in [5.41, 5.74) is 5.51. The Morgan fingerprint density at radius 3 is 2.41 bits per heavy atom. The highest BCUT2D eigenvalue weighted by molar-refractivity contribution is 6.30. The van der Waals surface area contributed by atoms with Crippen LogP contribution in [0.5, 0.6) is 0 Å². The van der Waals surface area contributed by atoms with Gasteiger partial charge in [0.25, 0.3) is 0 Å². The first-order valence-electron chi connectivity index (χ1n) is 9.68. The summed E-state index contributed by atoms with van der Waals surface area (Å²) in [5, 5.41) is 7.70. The molecule has 0 unspecified atom stereocenters. The Balaban J connectivity index is 1.77. The summed E-state index contributed by atoms with van der Waals surface area (Å²) in [7, 11) is 0. The molecule has 0 saturated carbocycles. The topological polar surface area (TPSA) is 28.7 Å². The highest BCUT2D eigenvalue weighted by atomic mass is 35.5. The van der Waals surface area contributed by atoms with Gasteiger partial charge in [0.15, 0.2) is 0 Å². The van der Waals surface area contributed by atoms with E-state index < -0.39 is 0 Å². The molecule has 138 valence electrons. The van der Waals surface area contributed by atoms with E-state index >= 15 is 0 Å². The van der Waals surface area contributed by atoms with Crippen molar-refractivity contribution in [3.8, 4) is 11.3 Å². The number of nitrogens with zero attached hydrogens (tertiary/aromatic N) is 1. The van der Waals surface area contributed by atoms with Crippen LogP contribution in [-0.4, -0.2) is 9.97 Å². The lowest BCUT2D eigenvalue weighted by Gasteiger charge is -2.11. The zero-order valence-corrected chi connectivity index (χ0v) is 16.6. The highest BCUT2D eigenvalue weighted by Gasteiger charge is 2.14. The predicted molar refractivity (Wildman–Crippen MR) is 124 cm³/mol. The van der Waals surface area contributed by atoms with Crippen molar-refractivity contribution in [3.63, 3.8) is 0 Å². The number of aromatic nitrogens is 2. The fraction of sp³-hybridized carbons (Fsp3) is 0.0385. The number of rotatable bonds is 1. The number of aryl methyl sites for hydroxylation is 1. The molecule has 2 nitrogen and oxygen atoms in total. The van der Waals surface area contributed by atoms with Gasteiger partial charge in [-0.15, -0.1) is 0 Å². The summed E-state index contributed by atoms with van der Waals surface area (Å²) >= 11 is 6.19. The molecule has 0 fully saturated rings. The lowest BCUT2D eigenvalue weighted by atomic mass is 9.94. The Morgan fingerprint density at radius 1 is 0.724 bits per heavy atom. The lowest BCUT2D eigenvalue weighted by molar-refractivity contribution is 1.40. The van der Waals surface area contributed by atoms with E-state index in [1.807, 2.05) is 12.1 Å². The normalized spacial score (nSPS) is 11.8. The van der Waals surface area contributed by atoms with Crippen LogP contribution < -0.4 is 0 Å². The zero-order valence-electron chi connectivity index (χ0n) is 15.8. The van der Waals surface area contributed by atoms with Crippen LogP contribution in [0.2, 0.25) is 5.15 Å². The first-order chi connectivity index (χ1) is 14.2. The minimum absolute atomic E-state index is 0.507. The van der Waals surface area contributed by atoms with Gasteiger partial charge >= 0.3 is 0 Å². The molecule has 6 aromatic rings. The van der Waals surface area contributed by atoms with Crippen LogP contribution in [-0.2, 0) is 0 Å². The largest absolute Gasteiger partial charge is 0.353 e. The van der Waals surface area contributed by atoms with Crippen LogP contribution in [0.25, 0.3) is 54.6 Å². The molecule has 2 heterocycles. The number of nitrogens with one attached hydrogen (secondary N) is 1. The molecule has 1 N–H and O–H groups in total. The van der Waals surface area contributed by atoms with Crippen LogP contribution in [0.4, 0.5) is 0 Å². The quantitative estimate of drug-likeness (QED) is 0.226. The molecule has 0 aliphatic rings. The second kappa shape index (κ2) is 6.07. The number of benzene rings is 4. The number of aromatic amines is 1. The monoisotopic (exact) mass is 392 g/mol. The maximum atomic E-state index is 6.19. The molecule has 0 aliphatic heterocycles. The van der Waals surface area contributed by atoms with Crippen LogP contribution >= 0.6 is 11.6 Å². The number of fused-ring (bicyclic) bond motifs is 5.